The first-order valence-corrected chi connectivity index (χ1v) is 12.8. The monoisotopic (exact) mass is 465 g/mol. The van der Waals surface area contributed by atoms with Gasteiger partial charge in [0.15, 0.2) is 0 Å². The van der Waals surface area contributed by atoms with Crippen LogP contribution in [0.4, 0.5) is 0 Å². The summed E-state index contributed by atoms with van der Waals surface area (Å²) in [6, 6.07) is 8.61. The highest BCUT2D eigenvalue weighted by atomic mass is 15.1. The van der Waals surface area contributed by atoms with Crippen molar-refractivity contribution in [2.45, 2.75) is 72.8 Å². The molecule has 190 valence electrons. The number of benzene rings is 1. The summed E-state index contributed by atoms with van der Waals surface area (Å²) in [5.74, 6) is 0.977. The molecular formula is C31H51N3. The molecule has 3 nitrogen and oxygen atoms in total. The second-order valence-electron chi connectivity index (χ2n) is 8.71. The van der Waals surface area contributed by atoms with Crippen LogP contribution in [-0.4, -0.2) is 25.0 Å². The Morgan fingerprint density at radius 3 is 2.24 bits per heavy atom. The Bertz CT molecular complexity index is 810. The molecule has 1 aliphatic carbocycles. The Labute approximate surface area is 211 Å². The molecule has 1 atom stereocenters. The summed E-state index contributed by atoms with van der Waals surface area (Å²) < 4.78 is 0. The van der Waals surface area contributed by atoms with E-state index in [1.165, 1.54) is 61.8 Å². The molecule has 1 aromatic rings. The molecule has 2 aliphatic rings. The fourth-order valence-corrected chi connectivity index (χ4v) is 4.06. The van der Waals surface area contributed by atoms with Crippen LogP contribution in [0.5, 0.6) is 0 Å². The summed E-state index contributed by atoms with van der Waals surface area (Å²) in [5, 5.41) is 3.32. The largest absolute Gasteiger partial charge is 0.379 e. The number of likely N-dealkylation sites (tertiary alicyclic amines) is 1. The van der Waals surface area contributed by atoms with E-state index in [9.17, 15) is 0 Å². The molecule has 0 radical (unpaired) electrons. The highest BCUT2D eigenvalue weighted by Gasteiger charge is 2.26. The van der Waals surface area contributed by atoms with Crippen molar-refractivity contribution in [3.8, 4) is 0 Å². The molecule has 1 aliphatic heterocycles. The summed E-state index contributed by atoms with van der Waals surface area (Å²) in [4.78, 5) is 2.40. The zero-order chi connectivity index (χ0) is 26.1. The Kier molecular flexibility index (Phi) is 15.7. The SMILES string of the molecule is C=C(C)N1CCC(CC)CC1.C=CNC(C)(C(=C)C)c1cccc(C2=CCC=C2)c1.CC.CN. The fourth-order valence-electron chi connectivity index (χ4n) is 4.06. The van der Waals surface area contributed by atoms with Gasteiger partial charge in [0.1, 0.15) is 0 Å². The molecule has 1 saturated heterocycles. The van der Waals surface area contributed by atoms with Crippen LogP contribution in [0.3, 0.4) is 0 Å². The van der Waals surface area contributed by atoms with Gasteiger partial charge in [0, 0.05) is 18.8 Å². The summed E-state index contributed by atoms with van der Waals surface area (Å²) >= 11 is 0. The summed E-state index contributed by atoms with van der Waals surface area (Å²) in [6.07, 6.45) is 13.5. The van der Waals surface area contributed by atoms with E-state index in [0.29, 0.717) is 0 Å². The summed E-state index contributed by atoms with van der Waals surface area (Å²) in [7, 11) is 1.50. The van der Waals surface area contributed by atoms with Gasteiger partial charge >= 0.3 is 0 Å². The van der Waals surface area contributed by atoms with E-state index in [-0.39, 0.29) is 5.54 Å². The molecule has 0 saturated carbocycles. The van der Waals surface area contributed by atoms with Gasteiger partial charge in [-0.15, -0.1) is 0 Å². The Morgan fingerprint density at radius 2 is 1.79 bits per heavy atom. The predicted molar refractivity (Wildman–Crippen MR) is 155 cm³/mol. The lowest BCUT2D eigenvalue weighted by molar-refractivity contribution is 0.224. The number of hydrogen-bond donors (Lipinski definition) is 2. The van der Waals surface area contributed by atoms with Gasteiger partial charge in [0.25, 0.3) is 0 Å². The maximum atomic E-state index is 4.50. The lowest BCUT2D eigenvalue weighted by atomic mass is 9.84. The van der Waals surface area contributed by atoms with Crippen molar-refractivity contribution in [3.05, 3.63) is 90.8 Å². The molecule has 1 aromatic carbocycles. The van der Waals surface area contributed by atoms with Crippen LogP contribution < -0.4 is 11.1 Å². The maximum absolute atomic E-state index is 4.50. The summed E-state index contributed by atoms with van der Waals surface area (Å²) in [5.41, 5.74) is 10.3. The lowest BCUT2D eigenvalue weighted by Gasteiger charge is -2.33. The van der Waals surface area contributed by atoms with Crippen molar-refractivity contribution in [3.63, 3.8) is 0 Å². The Hall–Kier alpha value is -2.52. The molecule has 3 heteroatoms. The number of hydrogen-bond acceptors (Lipinski definition) is 3. The number of nitrogens with two attached hydrogens (primary N) is 1. The van der Waals surface area contributed by atoms with Gasteiger partial charge in [-0.1, -0.05) is 88.9 Å². The summed E-state index contributed by atoms with van der Waals surface area (Å²) in [6.45, 7) is 26.9. The molecule has 0 amide bonds. The molecule has 1 heterocycles. The van der Waals surface area contributed by atoms with E-state index in [1.54, 1.807) is 6.20 Å². The molecule has 0 bridgehead atoms. The molecule has 1 unspecified atom stereocenters. The van der Waals surface area contributed by atoms with Gasteiger partial charge in [-0.3, -0.25) is 0 Å². The van der Waals surface area contributed by atoms with Crippen LogP contribution in [0.25, 0.3) is 5.57 Å². The number of piperidine rings is 1. The van der Waals surface area contributed by atoms with Gasteiger partial charge < -0.3 is 16.0 Å². The van der Waals surface area contributed by atoms with Crippen LogP contribution in [-0.2, 0) is 5.54 Å². The van der Waals surface area contributed by atoms with Gasteiger partial charge in [0.05, 0.1) is 5.54 Å². The third kappa shape index (κ3) is 9.38. The first-order chi connectivity index (χ1) is 16.3. The van der Waals surface area contributed by atoms with E-state index in [0.717, 1.165) is 17.9 Å². The quantitative estimate of drug-likeness (QED) is 0.404. The molecule has 1 fully saturated rings. The Balaban J connectivity index is 0.000000618. The minimum atomic E-state index is -0.277. The van der Waals surface area contributed by atoms with E-state index in [4.69, 9.17) is 0 Å². The topological polar surface area (TPSA) is 41.3 Å². The first-order valence-electron chi connectivity index (χ1n) is 12.8. The fraction of sp³-hybridized carbons (Fsp3) is 0.484. The highest BCUT2D eigenvalue weighted by molar-refractivity contribution is 5.76. The van der Waals surface area contributed by atoms with Crippen molar-refractivity contribution in [1.82, 2.24) is 10.2 Å². The molecule has 3 N–H and O–H groups in total. The number of allylic oxidation sites excluding steroid dienone is 5. The minimum absolute atomic E-state index is 0.277. The second kappa shape index (κ2) is 17.0. The molecule has 0 spiro atoms. The van der Waals surface area contributed by atoms with Crippen molar-refractivity contribution in [2.24, 2.45) is 11.7 Å². The van der Waals surface area contributed by atoms with Gasteiger partial charge in [-0.2, -0.15) is 0 Å². The zero-order valence-corrected chi connectivity index (χ0v) is 23.1. The van der Waals surface area contributed by atoms with Crippen molar-refractivity contribution in [2.75, 3.05) is 20.1 Å². The molecular weight excluding hydrogens is 414 g/mol. The molecule has 34 heavy (non-hydrogen) atoms. The average Bonchev–Trinajstić information content (AvgIpc) is 3.42. The lowest BCUT2D eigenvalue weighted by Crippen LogP contribution is -2.36. The van der Waals surface area contributed by atoms with Crippen LogP contribution in [0, 0.1) is 5.92 Å². The zero-order valence-electron chi connectivity index (χ0n) is 23.1. The minimum Gasteiger partial charge on any atom is -0.379 e. The van der Waals surface area contributed by atoms with E-state index < -0.39 is 0 Å². The van der Waals surface area contributed by atoms with Crippen LogP contribution in [0.15, 0.2) is 79.7 Å². The van der Waals surface area contributed by atoms with Gasteiger partial charge in [-0.25, -0.2) is 0 Å². The van der Waals surface area contributed by atoms with Crippen molar-refractivity contribution < 1.29 is 0 Å². The van der Waals surface area contributed by atoms with Crippen LogP contribution >= 0.6 is 0 Å². The third-order valence-electron chi connectivity index (χ3n) is 6.52. The highest BCUT2D eigenvalue weighted by Crippen LogP contribution is 2.31. The smallest absolute Gasteiger partial charge is 0.0800 e. The van der Waals surface area contributed by atoms with E-state index in [1.807, 2.05) is 20.8 Å². The standard InChI is InChI=1S/C18H21N.C10H19N.C2H6.CH5N/c1-5-19-18(4,14(2)3)17-12-8-11-16(13-17)15-9-6-7-10-15;1-4-10-5-7-11(8-6-10)9(2)3;2*1-2/h5-6,8-13,19H,1-2,7H2,3-4H3;10H,2,4-8H2,1,3H3;1-2H3;2H2,1H3. The average molecular weight is 466 g/mol. The van der Waals surface area contributed by atoms with Crippen molar-refractivity contribution in [1.29, 1.82) is 0 Å². The van der Waals surface area contributed by atoms with Gasteiger partial charge in [-0.05, 0) is 82.0 Å². The number of rotatable bonds is 7. The maximum Gasteiger partial charge on any atom is 0.0800 e. The predicted octanol–water partition coefficient (Wildman–Crippen LogP) is 7.80. The first kappa shape index (κ1) is 31.5. The molecule has 0 aromatic heterocycles. The van der Waals surface area contributed by atoms with E-state index >= 15 is 0 Å². The number of nitrogens with one attached hydrogen (secondary N) is 1. The molecule has 3 rings (SSSR count). The Morgan fingerprint density at radius 1 is 1.18 bits per heavy atom. The van der Waals surface area contributed by atoms with Crippen LogP contribution in [0.2, 0.25) is 0 Å². The van der Waals surface area contributed by atoms with Crippen molar-refractivity contribution >= 4 is 5.57 Å². The normalized spacial score (nSPS) is 16.2. The van der Waals surface area contributed by atoms with Crippen LogP contribution in [0.1, 0.15) is 78.4 Å². The third-order valence-corrected chi connectivity index (χ3v) is 6.52. The number of nitrogens with zero attached hydrogens (tertiary/aromatic N) is 1. The second-order valence-corrected chi connectivity index (χ2v) is 8.71. The van der Waals surface area contributed by atoms with E-state index in [2.05, 4.69) is 99.0 Å². The van der Waals surface area contributed by atoms with Gasteiger partial charge in [0.2, 0.25) is 0 Å².